The van der Waals surface area contributed by atoms with E-state index in [2.05, 4.69) is 0 Å². The summed E-state index contributed by atoms with van der Waals surface area (Å²) in [4.78, 5) is 49.2. The summed E-state index contributed by atoms with van der Waals surface area (Å²) < 4.78 is 4.82. The topological polar surface area (TPSA) is 166 Å². The van der Waals surface area contributed by atoms with E-state index in [1.807, 2.05) is 12.1 Å². The van der Waals surface area contributed by atoms with Gasteiger partial charge in [-0.1, -0.05) is 12.1 Å². The average Bonchev–Trinajstić information content (AvgIpc) is 2.84. The van der Waals surface area contributed by atoms with Gasteiger partial charge in [0, 0.05) is 32.3 Å². The van der Waals surface area contributed by atoms with Crippen LogP contribution in [0.4, 0.5) is 0 Å². The highest BCUT2D eigenvalue weighted by molar-refractivity contribution is 6.40. The van der Waals surface area contributed by atoms with Crippen molar-refractivity contribution < 1.29 is 34.1 Å². The molecule has 0 fully saturated rings. The number of rotatable bonds is 2. The summed E-state index contributed by atoms with van der Waals surface area (Å²) >= 11 is 0. The Labute approximate surface area is 193 Å². The second-order valence-electron chi connectivity index (χ2n) is 8.03. The molecule has 2 N–H and O–H groups in total. The van der Waals surface area contributed by atoms with Crippen LogP contribution in [0.2, 0.25) is 0 Å². The molecule has 0 aromatic heterocycles. The predicted octanol–water partition coefficient (Wildman–Crippen LogP) is 4.19. The zero-order valence-corrected chi connectivity index (χ0v) is 17.3. The zero-order chi connectivity index (χ0) is 24.8. The monoisotopic (exact) mass is 460 g/mol. The van der Waals surface area contributed by atoms with Crippen LogP contribution in [-0.2, 0) is 4.74 Å². The maximum Gasteiger partial charge on any atom is 0.346 e. The molecule has 1 aliphatic rings. The first-order valence-electron chi connectivity index (χ1n) is 10.1. The quantitative estimate of drug-likeness (QED) is 0.170. The van der Waals surface area contributed by atoms with Gasteiger partial charge in [-0.15, -0.1) is 0 Å². The number of hydrogen-bond acceptors (Lipinski definition) is 7. The highest BCUT2D eigenvalue weighted by atomic mass is 16.6. The number of benzene rings is 5. The Bertz CT molecular complexity index is 1990. The van der Waals surface area contributed by atoms with E-state index in [1.165, 1.54) is 30.3 Å². The molecule has 0 atom stereocenters. The molecule has 0 aliphatic carbocycles. The molecule has 0 amide bonds. The highest BCUT2D eigenvalue weighted by Crippen LogP contribution is 2.47. The molecule has 9 nitrogen and oxygen atoms in total. The molecular weight excluding hydrogens is 452 g/mol. The second kappa shape index (κ2) is 6.50. The van der Waals surface area contributed by atoms with Gasteiger partial charge < -0.3 is 14.9 Å². The number of carbonyl (C=O) groups excluding carboxylic acids is 2. The van der Waals surface area contributed by atoms with Crippen LogP contribution in [0.15, 0.2) is 36.4 Å². The third-order valence-electron chi connectivity index (χ3n) is 6.43. The Morgan fingerprint density at radius 2 is 1.20 bits per heavy atom. The minimum atomic E-state index is -1.42. The van der Waals surface area contributed by atoms with Crippen molar-refractivity contribution in [2.45, 2.75) is 0 Å². The van der Waals surface area contributed by atoms with Gasteiger partial charge in [-0.05, 0) is 35.0 Å². The molecule has 164 valence electrons. The van der Waals surface area contributed by atoms with Crippen LogP contribution >= 0.6 is 0 Å². The Kier molecular flexibility index (Phi) is 3.73. The Hall–Kier alpha value is -5.54. The third kappa shape index (κ3) is 2.33. The second-order valence-corrected chi connectivity index (χ2v) is 8.03. The first-order valence-corrected chi connectivity index (χ1v) is 10.1. The summed E-state index contributed by atoms with van der Waals surface area (Å²) in [5.74, 6) is -4.55. The molecule has 5 aromatic rings. The molecule has 0 bridgehead atoms. The van der Waals surface area contributed by atoms with Gasteiger partial charge in [-0.2, -0.15) is 10.5 Å². The van der Waals surface area contributed by atoms with Crippen LogP contribution in [0.1, 0.15) is 52.6 Å². The van der Waals surface area contributed by atoms with E-state index in [0.717, 1.165) is 6.07 Å². The van der Waals surface area contributed by atoms with Gasteiger partial charge in [0.2, 0.25) is 0 Å². The Morgan fingerprint density at radius 3 is 1.80 bits per heavy atom. The summed E-state index contributed by atoms with van der Waals surface area (Å²) in [6.45, 7) is 0. The van der Waals surface area contributed by atoms with E-state index >= 15 is 0 Å². The standard InChI is InChI=1S/C26H8N2O7/c27-7-9-5-15(24(31)32)19-13(23(29)30)3-1-11-18-10(8-28)6-16-20-14(25(33)35-26(16)34)4-2-12(22(18)20)17(9)21(11)19/h1-6H,(H,29,30)(H,31,32). The van der Waals surface area contributed by atoms with Crippen molar-refractivity contribution in [1.82, 2.24) is 0 Å². The van der Waals surface area contributed by atoms with Crippen LogP contribution in [0.3, 0.4) is 0 Å². The van der Waals surface area contributed by atoms with E-state index in [9.17, 15) is 39.9 Å². The number of aromatic carboxylic acids is 2. The van der Waals surface area contributed by atoms with Crippen LogP contribution in [0.25, 0.3) is 43.1 Å². The van der Waals surface area contributed by atoms with Gasteiger partial charge in [0.1, 0.15) is 0 Å². The minimum absolute atomic E-state index is 0.0132. The van der Waals surface area contributed by atoms with Crippen molar-refractivity contribution in [3.05, 3.63) is 69.8 Å². The molecule has 0 radical (unpaired) electrons. The van der Waals surface area contributed by atoms with Crippen molar-refractivity contribution in [2.24, 2.45) is 0 Å². The zero-order valence-electron chi connectivity index (χ0n) is 17.3. The lowest BCUT2D eigenvalue weighted by Crippen LogP contribution is -2.20. The van der Waals surface area contributed by atoms with Gasteiger partial charge in [-0.3, -0.25) is 0 Å². The third-order valence-corrected chi connectivity index (χ3v) is 6.43. The molecule has 9 heteroatoms. The van der Waals surface area contributed by atoms with Crippen molar-refractivity contribution >= 4 is 67.0 Å². The lowest BCUT2D eigenvalue weighted by molar-refractivity contribution is 0.0390. The largest absolute Gasteiger partial charge is 0.478 e. The molecule has 35 heavy (non-hydrogen) atoms. The summed E-state index contributed by atoms with van der Waals surface area (Å²) in [7, 11) is 0. The lowest BCUT2D eigenvalue weighted by atomic mass is 9.81. The van der Waals surface area contributed by atoms with Crippen LogP contribution in [-0.4, -0.2) is 34.1 Å². The SMILES string of the molecule is N#Cc1cc(C(=O)O)c2c(C(=O)O)ccc3c4c(C#N)cc5c6c(ccc(c1c23)c64)C(=O)OC5=O. The van der Waals surface area contributed by atoms with Crippen molar-refractivity contribution in [1.29, 1.82) is 10.5 Å². The molecule has 1 heterocycles. The fourth-order valence-corrected chi connectivity index (χ4v) is 5.16. The number of fused-ring (bicyclic) bond motifs is 2. The molecule has 0 saturated carbocycles. The van der Waals surface area contributed by atoms with E-state index in [4.69, 9.17) is 4.74 Å². The molecule has 6 rings (SSSR count). The fourth-order valence-electron chi connectivity index (χ4n) is 5.16. The van der Waals surface area contributed by atoms with Gasteiger partial charge >= 0.3 is 23.9 Å². The Morgan fingerprint density at radius 1 is 0.657 bits per heavy atom. The smallest absolute Gasteiger partial charge is 0.346 e. The number of hydrogen-bond donors (Lipinski definition) is 2. The summed E-state index contributed by atoms with van der Waals surface area (Å²) in [6, 6.07) is 12.1. The first-order chi connectivity index (χ1) is 16.8. The van der Waals surface area contributed by atoms with Gasteiger partial charge in [-0.25, -0.2) is 19.2 Å². The molecular formula is C26H8N2O7. The molecule has 5 aromatic carbocycles. The maximum atomic E-state index is 12.5. The molecule has 0 spiro atoms. The normalized spacial score (nSPS) is 12.7. The van der Waals surface area contributed by atoms with Crippen LogP contribution < -0.4 is 0 Å². The molecule has 0 unspecified atom stereocenters. The first kappa shape index (κ1) is 20.1. The van der Waals surface area contributed by atoms with Gasteiger partial charge in [0.05, 0.1) is 45.5 Å². The summed E-state index contributed by atoms with van der Waals surface area (Å²) in [6.07, 6.45) is 0. The number of esters is 2. The number of cyclic esters (lactones) is 2. The fraction of sp³-hybridized carbons (Fsp3) is 0. The van der Waals surface area contributed by atoms with Crippen molar-refractivity contribution in [2.75, 3.05) is 0 Å². The maximum absolute atomic E-state index is 12.5. The number of carboxylic acid groups (broad SMARTS) is 2. The average molecular weight is 460 g/mol. The van der Waals surface area contributed by atoms with Crippen LogP contribution in [0, 0.1) is 22.7 Å². The Balaban J connectivity index is 2.07. The summed E-state index contributed by atoms with van der Waals surface area (Å²) in [5.41, 5.74) is -0.519. The highest BCUT2D eigenvalue weighted by Gasteiger charge is 2.32. The van der Waals surface area contributed by atoms with E-state index in [1.54, 1.807) is 0 Å². The van der Waals surface area contributed by atoms with Gasteiger partial charge in [0.25, 0.3) is 0 Å². The van der Waals surface area contributed by atoms with E-state index in [-0.39, 0.29) is 54.9 Å². The van der Waals surface area contributed by atoms with Crippen molar-refractivity contribution in [3.8, 4) is 12.1 Å². The number of nitriles is 2. The van der Waals surface area contributed by atoms with E-state index in [0.29, 0.717) is 21.5 Å². The van der Waals surface area contributed by atoms with Gasteiger partial charge in [0.15, 0.2) is 0 Å². The lowest BCUT2D eigenvalue weighted by Gasteiger charge is -2.22. The number of carbonyl (C=O) groups is 4. The van der Waals surface area contributed by atoms with Crippen LogP contribution in [0.5, 0.6) is 0 Å². The molecule has 0 saturated heterocycles. The number of carboxylic acids is 2. The predicted molar refractivity (Wildman–Crippen MR) is 121 cm³/mol. The number of nitrogens with zero attached hydrogens (tertiary/aromatic N) is 2. The van der Waals surface area contributed by atoms with Crippen molar-refractivity contribution in [3.63, 3.8) is 0 Å². The molecule has 1 aliphatic heterocycles. The summed E-state index contributed by atoms with van der Waals surface area (Å²) in [5, 5.41) is 41.5. The number of ether oxygens (including phenoxy) is 1. The minimum Gasteiger partial charge on any atom is -0.478 e. The van der Waals surface area contributed by atoms with E-state index < -0.39 is 23.9 Å².